The number of sulfone groups is 1. The molecule has 40 heavy (non-hydrogen) atoms. The number of rotatable bonds is 21. The zero-order valence-corrected chi connectivity index (χ0v) is 25.1. The second-order valence-corrected chi connectivity index (χ2v) is 12.2. The van der Waals surface area contributed by atoms with Crippen LogP contribution in [0.25, 0.3) is 0 Å². The lowest BCUT2D eigenvalue weighted by Crippen LogP contribution is -2.18. The van der Waals surface area contributed by atoms with E-state index in [2.05, 4.69) is 31.2 Å². The van der Waals surface area contributed by atoms with E-state index >= 15 is 0 Å². The molecule has 0 fully saturated rings. The van der Waals surface area contributed by atoms with Crippen molar-refractivity contribution in [3.63, 3.8) is 0 Å². The minimum atomic E-state index is -3.37. The van der Waals surface area contributed by atoms with Gasteiger partial charge in [-0.05, 0) is 69.2 Å². The van der Waals surface area contributed by atoms with E-state index in [-0.39, 0.29) is 17.8 Å². The normalized spacial score (nSPS) is 12.9. The van der Waals surface area contributed by atoms with Gasteiger partial charge in [-0.3, -0.25) is 0 Å². The summed E-state index contributed by atoms with van der Waals surface area (Å²) in [5, 5.41) is 0. The third kappa shape index (κ3) is 15.0. The number of hydrogen-bond donors (Lipinski definition) is 0. The van der Waals surface area contributed by atoms with Crippen molar-refractivity contribution >= 4 is 15.8 Å². The molecule has 0 N–H and O–H groups in total. The van der Waals surface area contributed by atoms with E-state index in [1.54, 1.807) is 48.5 Å². The van der Waals surface area contributed by atoms with Gasteiger partial charge in [-0.2, -0.15) is 0 Å². The third-order valence-electron chi connectivity index (χ3n) is 6.74. The Morgan fingerprint density at radius 2 is 1.32 bits per heavy atom. The molecule has 2 aromatic rings. The number of hydrogen-bond acceptors (Lipinski definition) is 4. The third-order valence-corrected chi connectivity index (χ3v) is 8.37. The van der Waals surface area contributed by atoms with Gasteiger partial charge in [-0.15, -0.1) is 0 Å². The van der Waals surface area contributed by atoms with Gasteiger partial charge in [0, 0.05) is 6.42 Å². The highest BCUT2D eigenvalue weighted by molar-refractivity contribution is 7.91. The molecule has 0 aliphatic carbocycles. The lowest BCUT2D eigenvalue weighted by atomic mass is 10.0. The van der Waals surface area contributed by atoms with E-state index in [4.69, 9.17) is 4.74 Å². The Hall–Kier alpha value is -2.92. The fourth-order valence-electron chi connectivity index (χ4n) is 4.37. The number of esters is 1. The fourth-order valence-corrected chi connectivity index (χ4v) is 5.52. The molecule has 0 aliphatic heterocycles. The maximum atomic E-state index is 12.6. The van der Waals surface area contributed by atoms with Gasteiger partial charge in [-0.1, -0.05) is 112 Å². The van der Waals surface area contributed by atoms with Crippen LogP contribution in [0.15, 0.2) is 102 Å². The van der Waals surface area contributed by atoms with E-state index in [0.29, 0.717) is 16.9 Å². The van der Waals surface area contributed by atoms with Crippen LogP contribution in [0.4, 0.5) is 0 Å². The predicted octanol–water partition coefficient (Wildman–Crippen LogP) is 9.45. The lowest BCUT2D eigenvalue weighted by molar-refractivity contribution is 0.0283. The minimum absolute atomic E-state index is 0.0694. The molecule has 1 unspecified atom stereocenters. The van der Waals surface area contributed by atoms with Crippen molar-refractivity contribution in [1.82, 2.24) is 0 Å². The van der Waals surface area contributed by atoms with E-state index in [0.717, 1.165) is 38.5 Å². The SMILES string of the molecule is CCCCC/C=C\C/C=C\CCCCCCCC(C/C=C/CS(=O)(=O)c1ccccc1)OC(=O)c1ccccc1. The van der Waals surface area contributed by atoms with Gasteiger partial charge in [0.2, 0.25) is 0 Å². The summed E-state index contributed by atoms with van der Waals surface area (Å²) in [6.45, 7) is 2.23. The van der Waals surface area contributed by atoms with Gasteiger partial charge in [0.25, 0.3) is 0 Å². The van der Waals surface area contributed by atoms with Gasteiger partial charge in [0.15, 0.2) is 9.84 Å². The Bertz CT molecular complexity index is 1120. The standard InChI is InChI=1S/C35H48O4S/c1-2-3-4-5-6-7-8-9-10-11-12-13-14-15-20-27-33(39-35(36)32-25-18-16-19-26-32)28-23-24-31-40(37,38)34-29-21-17-22-30-34/h6-7,9-10,16-19,21-26,29-30,33H,2-5,8,11-15,20,27-28,31H2,1H3/b7-6-,10-9-,24-23+. The molecule has 0 radical (unpaired) electrons. The van der Waals surface area contributed by atoms with E-state index in [1.165, 1.54) is 38.5 Å². The highest BCUT2D eigenvalue weighted by atomic mass is 32.2. The van der Waals surface area contributed by atoms with E-state index in [9.17, 15) is 13.2 Å². The van der Waals surface area contributed by atoms with Crippen LogP contribution in [0.1, 0.15) is 101 Å². The monoisotopic (exact) mass is 564 g/mol. The molecular formula is C35H48O4S. The summed E-state index contributed by atoms with van der Waals surface area (Å²) in [6, 6.07) is 17.5. The highest BCUT2D eigenvalue weighted by Gasteiger charge is 2.15. The summed E-state index contributed by atoms with van der Waals surface area (Å²) < 4.78 is 30.9. The average molecular weight is 565 g/mol. The molecule has 1 atom stereocenters. The average Bonchev–Trinajstić information content (AvgIpc) is 2.98. The van der Waals surface area contributed by atoms with Crippen LogP contribution in [-0.4, -0.2) is 26.2 Å². The van der Waals surface area contributed by atoms with Gasteiger partial charge in [0.1, 0.15) is 6.10 Å². The summed E-state index contributed by atoms with van der Waals surface area (Å²) in [6.07, 6.45) is 26.5. The van der Waals surface area contributed by atoms with Crippen LogP contribution in [0, 0.1) is 0 Å². The van der Waals surface area contributed by atoms with Gasteiger partial charge in [0.05, 0.1) is 16.2 Å². The van der Waals surface area contributed by atoms with Crippen molar-refractivity contribution in [1.29, 1.82) is 0 Å². The lowest BCUT2D eigenvalue weighted by Gasteiger charge is -2.16. The number of allylic oxidation sites excluding steroid dienone is 4. The number of benzene rings is 2. The fraction of sp³-hybridized carbons (Fsp3) is 0.457. The molecule has 2 rings (SSSR count). The maximum Gasteiger partial charge on any atom is 0.338 e. The summed E-state index contributed by atoms with van der Waals surface area (Å²) >= 11 is 0. The van der Waals surface area contributed by atoms with Gasteiger partial charge in [-0.25, -0.2) is 13.2 Å². The molecule has 0 saturated heterocycles. The Morgan fingerprint density at radius 3 is 2.00 bits per heavy atom. The van der Waals surface area contributed by atoms with Crippen LogP contribution in [0.5, 0.6) is 0 Å². The molecule has 0 heterocycles. The number of carbonyl (C=O) groups is 1. The van der Waals surface area contributed by atoms with Crippen LogP contribution < -0.4 is 0 Å². The molecule has 218 valence electrons. The number of ether oxygens (including phenoxy) is 1. The Morgan fingerprint density at radius 1 is 0.725 bits per heavy atom. The molecule has 0 saturated carbocycles. The molecule has 0 amide bonds. The smallest absolute Gasteiger partial charge is 0.338 e. The van der Waals surface area contributed by atoms with Crippen LogP contribution in [-0.2, 0) is 14.6 Å². The van der Waals surface area contributed by atoms with Crippen molar-refractivity contribution in [3.8, 4) is 0 Å². The first-order chi connectivity index (χ1) is 19.5. The zero-order valence-electron chi connectivity index (χ0n) is 24.3. The Balaban J connectivity index is 1.71. The molecular weight excluding hydrogens is 516 g/mol. The van der Waals surface area contributed by atoms with Crippen molar-refractivity contribution in [2.45, 2.75) is 101 Å². The number of carbonyl (C=O) groups excluding carboxylic acids is 1. The van der Waals surface area contributed by atoms with Crippen LogP contribution in [0.3, 0.4) is 0 Å². The molecule has 4 nitrogen and oxygen atoms in total. The van der Waals surface area contributed by atoms with E-state index < -0.39 is 9.84 Å². The van der Waals surface area contributed by atoms with Gasteiger partial charge >= 0.3 is 5.97 Å². The highest BCUT2D eigenvalue weighted by Crippen LogP contribution is 2.16. The molecule has 0 spiro atoms. The van der Waals surface area contributed by atoms with Crippen molar-refractivity contribution in [2.24, 2.45) is 0 Å². The largest absolute Gasteiger partial charge is 0.458 e. The molecule has 2 aromatic carbocycles. The first-order valence-corrected chi connectivity index (χ1v) is 16.7. The Kier molecular flexibility index (Phi) is 17.4. The molecule has 0 aromatic heterocycles. The molecule has 0 aliphatic rings. The van der Waals surface area contributed by atoms with Crippen molar-refractivity contribution in [2.75, 3.05) is 5.75 Å². The first kappa shape index (κ1) is 33.3. The number of unbranched alkanes of at least 4 members (excludes halogenated alkanes) is 8. The second kappa shape index (κ2) is 20.9. The summed E-state index contributed by atoms with van der Waals surface area (Å²) in [4.78, 5) is 13.0. The van der Waals surface area contributed by atoms with Gasteiger partial charge < -0.3 is 4.74 Å². The molecule has 0 bridgehead atoms. The van der Waals surface area contributed by atoms with Crippen molar-refractivity contribution in [3.05, 3.63) is 103 Å². The predicted molar refractivity (Wildman–Crippen MR) is 167 cm³/mol. The minimum Gasteiger partial charge on any atom is -0.458 e. The summed E-state index contributed by atoms with van der Waals surface area (Å²) in [7, 11) is -3.37. The van der Waals surface area contributed by atoms with E-state index in [1.807, 2.05) is 24.3 Å². The second-order valence-electron chi connectivity index (χ2n) is 10.2. The maximum absolute atomic E-state index is 12.6. The van der Waals surface area contributed by atoms with Crippen LogP contribution >= 0.6 is 0 Å². The van der Waals surface area contributed by atoms with Crippen LogP contribution in [0.2, 0.25) is 0 Å². The zero-order chi connectivity index (χ0) is 28.7. The molecule has 5 heteroatoms. The van der Waals surface area contributed by atoms with Crippen molar-refractivity contribution < 1.29 is 17.9 Å². The summed E-state index contributed by atoms with van der Waals surface area (Å²) in [5.74, 6) is -0.404. The summed E-state index contributed by atoms with van der Waals surface area (Å²) in [5.41, 5.74) is 0.531. The topological polar surface area (TPSA) is 60.4 Å². The Labute approximate surface area is 243 Å². The first-order valence-electron chi connectivity index (χ1n) is 15.0. The quantitative estimate of drug-likeness (QED) is 0.0860.